The number of aromatic hydroxyl groups is 1. The number of phenols is 1. The van der Waals surface area contributed by atoms with Gasteiger partial charge in [0.2, 0.25) is 5.91 Å². The molecule has 1 N–H and O–H groups in total. The maximum atomic E-state index is 12.6. The molecule has 1 saturated heterocycles. The van der Waals surface area contributed by atoms with Gasteiger partial charge in [-0.05, 0) is 42.5 Å². The standard InChI is InChI=1S/C19H19ClN2O4/c1-26-16-5-2-13(3-6-16)19(25)22-9-8-21(18(24)12-22)11-14-10-15(20)4-7-17(14)23/h2-7,10,23H,8-9,11-12H2,1H3. The van der Waals surface area contributed by atoms with Gasteiger partial charge in [0.25, 0.3) is 5.91 Å². The summed E-state index contributed by atoms with van der Waals surface area (Å²) in [4.78, 5) is 28.1. The summed E-state index contributed by atoms with van der Waals surface area (Å²) >= 11 is 5.95. The normalized spacial score (nSPS) is 14.5. The molecule has 0 atom stereocenters. The Hall–Kier alpha value is -2.73. The van der Waals surface area contributed by atoms with Crippen LogP contribution in [-0.4, -0.2) is 53.5 Å². The van der Waals surface area contributed by atoms with Gasteiger partial charge in [0.05, 0.1) is 7.11 Å². The molecule has 6 nitrogen and oxygen atoms in total. The van der Waals surface area contributed by atoms with Crippen LogP contribution in [0.3, 0.4) is 0 Å². The minimum Gasteiger partial charge on any atom is -0.508 e. The van der Waals surface area contributed by atoms with E-state index in [9.17, 15) is 14.7 Å². The first-order valence-corrected chi connectivity index (χ1v) is 8.54. The van der Waals surface area contributed by atoms with Gasteiger partial charge in [-0.2, -0.15) is 0 Å². The van der Waals surface area contributed by atoms with E-state index in [4.69, 9.17) is 16.3 Å². The average Bonchev–Trinajstić information content (AvgIpc) is 2.65. The van der Waals surface area contributed by atoms with E-state index in [0.29, 0.717) is 35.0 Å². The molecule has 0 unspecified atom stereocenters. The van der Waals surface area contributed by atoms with Crippen LogP contribution in [-0.2, 0) is 11.3 Å². The largest absolute Gasteiger partial charge is 0.508 e. The minimum absolute atomic E-state index is 0.00614. The molecule has 136 valence electrons. The number of hydrogen-bond donors (Lipinski definition) is 1. The number of hydrogen-bond acceptors (Lipinski definition) is 4. The van der Waals surface area contributed by atoms with Crippen molar-refractivity contribution in [2.24, 2.45) is 0 Å². The Morgan fingerprint density at radius 1 is 1.19 bits per heavy atom. The smallest absolute Gasteiger partial charge is 0.254 e. The van der Waals surface area contributed by atoms with Crippen LogP contribution in [0.2, 0.25) is 5.02 Å². The third-order valence-electron chi connectivity index (χ3n) is 4.35. The molecular weight excluding hydrogens is 356 g/mol. The van der Waals surface area contributed by atoms with E-state index in [0.717, 1.165) is 0 Å². The lowest BCUT2D eigenvalue weighted by Crippen LogP contribution is -2.51. The summed E-state index contributed by atoms with van der Waals surface area (Å²) in [6, 6.07) is 11.5. The van der Waals surface area contributed by atoms with Crippen LogP contribution in [0.25, 0.3) is 0 Å². The molecule has 2 aromatic carbocycles. The fourth-order valence-electron chi connectivity index (χ4n) is 2.85. The number of ether oxygens (including phenoxy) is 1. The van der Waals surface area contributed by atoms with E-state index in [2.05, 4.69) is 0 Å². The van der Waals surface area contributed by atoms with Crippen LogP contribution in [0, 0.1) is 0 Å². The van der Waals surface area contributed by atoms with E-state index in [-0.39, 0.29) is 30.7 Å². The summed E-state index contributed by atoms with van der Waals surface area (Å²) < 4.78 is 5.08. The first-order valence-electron chi connectivity index (χ1n) is 8.16. The molecule has 0 aromatic heterocycles. The molecule has 1 heterocycles. The summed E-state index contributed by atoms with van der Waals surface area (Å²) in [7, 11) is 1.56. The second-order valence-electron chi connectivity index (χ2n) is 6.04. The summed E-state index contributed by atoms with van der Waals surface area (Å²) in [5.41, 5.74) is 1.10. The first kappa shape index (κ1) is 18.1. The second kappa shape index (κ2) is 7.66. The highest BCUT2D eigenvalue weighted by atomic mass is 35.5. The number of phenolic OH excluding ortho intramolecular Hbond substituents is 1. The van der Waals surface area contributed by atoms with Crippen molar-refractivity contribution in [3.63, 3.8) is 0 Å². The highest BCUT2D eigenvalue weighted by Crippen LogP contribution is 2.24. The van der Waals surface area contributed by atoms with Crippen LogP contribution in [0.4, 0.5) is 0 Å². The molecule has 0 bridgehead atoms. The van der Waals surface area contributed by atoms with Gasteiger partial charge in [-0.15, -0.1) is 0 Å². The van der Waals surface area contributed by atoms with Gasteiger partial charge in [-0.25, -0.2) is 0 Å². The molecule has 26 heavy (non-hydrogen) atoms. The van der Waals surface area contributed by atoms with Gasteiger partial charge < -0.3 is 19.6 Å². The Morgan fingerprint density at radius 3 is 2.58 bits per heavy atom. The van der Waals surface area contributed by atoms with Crippen molar-refractivity contribution in [2.45, 2.75) is 6.54 Å². The molecule has 0 saturated carbocycles. The number of piperazine rings is 1. The number of rotatable bonds is 4. The van der Waals surface area contributed by atoms with E-state index in [1.807, 2.05) is 0 Å². The molecule has 1 aliphatic rings. The van der Waals surface area contributed by atoms with Gasteiger partial charge in [-0.3, -0.25) is 9.59 Å². The predicted octanol–water partition coefficient (Wildman–Crippen LogP) is 2.54. The second-order valence-corrected chi connectivity index (χ2v) is 6.48. The number of methoxy groups -OCH3 is 1. The first-order chi connectivity index (χ1) is 12.5. The molecule has 1 aliphatic heterocycles. The highest BCUT2D eigenvalue weighted by molar-refractivity contribution is 6.30. The maximum Gasteiger partial charge on any atom is 0.254 e. The number of carbonyl (C=O) groups is 2. The predicted molar refractivity (Wildman–Crippen MR) is 97.4 cm³/mol. The minimum atomic E-state index is -0.189. The van der Waals surface area contributed by atoms with Crippen molar-refractivity contribution in [1.82, 2.24) is 9.80 Å². The fourth-order valence-corrected chi connectivity index (χ4v) is 3.05. The Bertz CT molecular complexity index is 823. The SMILES string of the molecule is COc1ccc(C(=O)N2CCN(Cc3cc(Cl)ccc3O)C(=O)C2)cc1. The summed E-state index contributed by atoms with van der Waals surface area (Å²) in [6.45, 7) is 1.09. The molecule has 1 fully saturated rings. The number of halogens is 1. The molecule has 3 rings (SSSR count). The zero-order chi connectivity index (χ0) is 18.7. The summed E-state index contributed by atoms with van der Waals surface area (Å²) in [5.74, 6) is 0.409. The van der Waals surface area contributed by atoms with Gasteiger partial charge in [0.1, 0.15) is 18.0 Å². The molecule has 2 aromatic rings. The highest BCUT2D eigenvalue weighted by Gasteiger charge is 2.28. The zero-order valence-corrected chi connectivity index (χ0v) is 15.1. The van der Waals surface area contributed by atoms with Crippen molar-refractivity contribution in [1.29, 1.82) is 0 Å². The molecule has 2 amide bonds. The van der Waals surface area contributed by atoms with Gasteiger partial charge >= 0.3 is 0 Å². The van der Waals surface area contributed by atoms with Gasteiger partial charge in [0.15, 0.2) is 0 Å². The number of carbonyl (C=O) groups excluding carboxylic acids is 2. The number of nitrogens with zero attached hydrogens (tertiary/aromatic N) is 2. The average molecular weight is 375 g/mol. The Balaban J connectivity index is 1.65. The van der Waals surface area contributed by atoms with Crippen LogP contribution in [0.15, 0.2) is 42.5 Å². The van der Waals surface area contributed by atoms with Crippen LogP contribution < -0.4 is 4.74 Å². The van der Waals surface area contributed by atoms with Crippen molar-refractivity contribution in [3.8, 4) is 11.5 Å². The monoisotopic (exact) mass is 374 g/mol. The Morgan fingerprint density at radius 2 is 1.92 bits per heavy atom. The molecule has 0 aliphatic carbocycles. The third kappa shape index (κ3) is 3.91. The number of amides is 2. The quantitative estimate of drug-likeness (QED) is 0.892. The van der Waals surface area contributed by atoms with Crippen molar-refractivity contribution in [3.05, 3.63) is 58.6 Å². The van der Waals surface area contributed by atoms with E-state index >= 15 is 0 Å². The topological polar surface area (TPSA) is 70.1 Å². The van der Waals surface area contributed by atoms with Crippen LogP contribution >= 0.6 is 11.6 Å². The molecule has 0 spiro atoms. The lowest BCUT2D eigenvalue weighted by atomic mass is 10.1. The summed E-state index contributed by atoms with van der Waals surface area (Å²) in [5, 5.41) is 10.4. The Labute approximate surface area is 156 Å². The zero-order valence-electron chi connectivity index (χ0n) is 14.3. The van der Waals surface area contributed by atoms with Gasteiger partial charge in [-0.1, -0.05) is 11.6 Å². The van der Waals surface area contributed by atoms with Crippen LogP contribution in [0.5, 0.6) is 11.5 Å². The lowest BCUT2D eigenvalue weighted by molar-refractivity contribution is -0.135. The fraction of sp³-hybridized carbons (Fsp3) is 0.263. The van der Waals surface area contributed by atoms with E-state index in [1.165, 1.54) is 11.0 Å². The van der Waals surface area contributed by atoms with Crippen molar-refractivity contribution in [2.75, 3.05) is 26.7 Å². The lowest BCUT2D eigenvalue weighted by Gasteiger charge is -2.34. The third-order valence-corrected chi connectivity index (χ3v) is 4.58. The van der Waals surface area contributed by atoms with Crippen molar-refractivity contribution < 1.29 is 19.4 Å². The maximum absolute atomic E-state index is 12.6. The van der Waals surface area contributed by atoms with Gasteiger partial charge in [0, 0.05) is 35.8 Å². The Kier molecular flexibility index (Phi) is 5.32. The van der Waals surface area contributed by atoms with E-state index in [1.54, 1.807) is 48.4 Å². The molecule has 0 radical (unpaired) electrons. The summed E-state index contributed by atoms with van der Waals surface area (Å²) in [6.07, 6.45) is 0. The molecular formula is C19H19ClN2O4. The number of benzene rings is 2. The molecule has 7 heteroatoms. The van der Waals surface area contributed by atoms with Crippen molar-refractivity contribution >= 4 is 23.4 Å². The van der Waals surface area contributed by atoms with E-state index < -0.39 is 0 Å². The van der Waals surface area contributed by atoms with Crippen LogP contribution in [0.1, 0.15) is 15.9 Å².